The summed E-state index contributed by atoms with van der Waals surface area (Å²) < 4.78 is 68.7. The van der Waals surface area contributed by atoms with Gasteiger partial charge in [-0.25, -0.2) is 17.8 Å². The number of rotatable bonds is 25. The van der Waals surface area contributed by atoms with Crippen LogP contribution in [0.5, 0.6) is 0 Å². The average molecular weight is 821 g/mol. The molecule has 1 saturated carbocycles. The molecule has 0 spiro atoms. The zero-order valence-electron chi connectivity index (χ0n) is 30.9. The Balaban J connectivity index is 1.17. The number of nitrogens with zero attached hydrogens (tertiary/aromatic N) is 3. The van der Waals surface area contributed by atoms with Gasteiger partial charge in [-0.2, -0.15) is 5.26 Å². The highest BCUT2D eigenvalue weighted by Gasteiger charge is 2.47. The van der Waals surface area contributed by atoms with Crippen molar-refractivity contribution in [3.63, 3.8) is 0 Å². The summed E-state index contributed by atoms with van der Waals surface area (Å²) in [6.07, 6.45) is 11.2. The molecule has 0 aromatic carbocycles. The van der Waals surface area contributed by atoms with Crippen molar-refractivity contribution in [3.8, 4) is 6.07 Å². The zero-order chi connectivity index (χ0) is 39.3. The van der Waals surface area contributed by atoms with E-state index >= 15 is 0 Å². The maximum Gasteiger partial charge on any atom is 0.346 e. The van der Waals surface area contributed by atoms with Gasteiger partial charge in [-0.3, -0.25) is 13.9 Å². The fourth-order valence-corrected chi connectivity index (χ4v) is 10.8. The summed E-state index contributed by atoms with van der Waals surface area (Å²) in [6.45, 7) is 1.32. The quantitative estimate of drug-likeness (QED) is 0.0261. The molecule has 2 aliphatic rings. The number of aliphatic hydroxyl groups is 2. The number of aliphatic hydroxyl groups excluding tert-OH is 2. The number of sulfone groups is 1. The lowest BCUT2D eigenvalue weighted by Crippen LogP contribution is -2.36. The Morgan fingerprint density at radius 1 is 1.07 bits per heavy atom. The smallest absolute Gasteiger partial charge is 0.346 e. The van der Waals surface area contributed by atoms with E-state index in [1.165, 1.54) is 75.0 Å². The molecule has 0 amide bonds. The number of carbonyl (C=O) groups excluding carboxylic acids is 1. The van der Waals surface area contributed by atoms with Crippen molar-refractivity contribution in [3.05, 3.63) is 23.0 Å². The lowest BCUT2D eigenvalue weighted by molar-refractivity contribution is -0.150. The fourth-order valence-electron chi connectivity index (χ4n) is 6.86. The number of nitrogens with one attached hydrogen (secondary N) is 1. The number of hydrogen-bond acceptors (Lipinski definition) is 12. The van der Waals surface area contributed by atoms with E-state index in [-0.39, 0.29) is 41.7 Å². The van der Waals surface area contributed by atoms with Crippen LogP contribution in [0.2, 0.25) is 5.15 Å². The third-order valence-corrected chi connectivity index (χ3v) is 14.5. The van der Waals surface area contributed by atoms with Crippen LogP contribution in [-0.2, 0) is 33.2 Å². The Morgan fingerprint density at radius 2 is 1.67 bits per heavy atom. The second-order valence-electron chi connectivity index (χ2n) is 14.5. The average Bonchev–Trinajstić information content (AvgIpc) is 3.62. The molecule has 304 valence electrons. The van der Waals surface area contributed by atoms with E-state index < -0.39 is 72.2 Å². The van der Waals surface area contributed by atoms with E-state index in [4.69, 9.17) is 25.6 Å². The normalized spacial score (nSPS) is 23.9. The standard InChI is InChI=1S/C36H55ClFN4O10PS/c1-2-3-4-5-6-7-8-9-10-11-12-13-14-15-16-30(43)50-23-51-53(46,47)24-54(48,49)22-29-32(44)33(45)36(52-29)42-18-17-27-31(40-26-19-25(38)20-26)28(21-39)34(37)41-35(27)42/h17-18,25-26,29,32-33,36,44-45H,2-16,19-20,22-24H2,1H3,(H,40,41)(H,46,47)/t25-,26+,29-,32-,33-,36-/m1/s1. The molecule has 2 aromatic rings. The van der Waals surface area contributed by atoms with Crippen LogP contribution in [0.15, 0.2) is 12.3 Å². The molecule has 0 radical (unpaired) electrons. The summed E-state index contributed by atoms with van der Waals surface area (Å²) in [6, 6.07) is 3.31. The van der Waals surface area contributed by atoms with Gasteiger partial charge in [0.25, 0.3) is 0 Å². The van der Waals surface area contributed by atoms with Gasteiger partial charge in [0.15, 0.2) is 26.7 Å². The summed E-state index contributed by atoms with van der Waals surface area (Å²) in [4.78, 5) is 26.5. The molecular formula is C36H55ClFN4O10PS. The molecule has 0 bridgehead atoms. The number of aromatic nitrogens is 2. The first-order valence-corrected chi connectivity index (χ1v) is 23.1. The molecule has 1 saturated heterocycles. The fraction of sp³-hybridized carbons (Fsp3) is 0.750. The first-order valence-electron chi connectivity index (χ1n) is 19.1. The van der Waals surface area contributed by atoms with Gasteiger partial charge >= 0.3 is 13.6 Å². The largest absolute Gasteiger partial charge is 0.438 e. The maximum absolute atomic E-state index is 13.5. The molecule has 3 heterocycles. The van der Waals surface area contributed by atoms with Crippen molar-refractivity contribution in [2.45, 2.75) is 153 Å². The summed E-state index contributed by atoms with van der Waals surface area (Å²) in [5.41, 5.74) is -0.851. The molecule has 4 rings (SSSR count). The molecule has 1 unspecified atom stereocenters. The first kappa shape index (κ1) is 44.4. The van der Waals surface area contributed by atoms with Crippen LogP contribution in [0.25, 0.3) is 11.0 Å². The van der Waals surface area contributed by atoms with Crippen LogP contribution in [0.3, 0.4) is 0 Å². The number of alkyl halides is 1. The first-order chi connectivity index (χ1) is 25.7. The number of halogens is 2. The maximum atomic E-state index is 13.5. The molecule has 5 atom stereocenters. The molecule has 18 heteroatoms. The van der Waals surface area contributed by atoms with Crippen LogP contribution in [0.1, 0.15) is 128 Å². The molecular weight excluding hydrogens is 766 g/mol. The highest BCUT2D eigenvalue weighted by Crippen LogP contribution is 2.44. The predicted molar refractivity (Wildman–Crippen MR) is 202 cm³/mol. The Hall–Kier alpha value is -2.35. The number of fused-ring (bicyclic) bond motifs is 1. The number of unbranched alkanes of at least 4 members (excludes halogenated alkanes) is 13. The van der Waals surface area contributed by atoms with Gasteiger partial charge in [0, 0.05) is 24.0 Å². The third kappa shape index (κ3) is 13.1. The van der Waals surface area contributed by atoms with Crippen molar-refractivity contribution in [2.75, 3.05) is 23.4 Å². The number of pyridine rings is 1. The van der Waals surface area contributed by atoms with E-state index in [1.807, 2.05) is 6.07 Å². The Bertz CT molecular complexity index is 1720. The molecule has 2 aromatic heterocycles. The Kier molecular flexibility index (Phi) is 17.5. The van der Waals surface area contributed by atoms with Gasteiger partial charge in [-0.1, -0.05) is 102 Å². The van der Waals surface area contributed by atoms with E-state index in [0.717, 1.165) is 19.3 Å². The molecule has 14 nitrogen and oxygen atoms in total. The SMILES string of the molecule is CCCCCCCCCCCCCCCCC(=O)OCOP(=O)(O)CS(=O)(=O)C[C@H]1O[C@@H](n2ccc3c(N[C@H]4C[C@@H](F)C4)c(C#N)c(Cl)nc32)[C@H](O)[C@@H]1O. The second-order valence-corrected chi connectivity index (χ2v) is 19.2. The van der Waals surface area contributed by atoms with E-state index in [2.05, 4.69) is 17.2 Å². The van der Waals surface area contributed by atoms with Gasteiger partial charge in [-0.15, -0.1) is 0 Å². The zero-order valence-corrected chi connectivity index (χ0v) is 33.4. The third-order valence-electron chi connectivity index (χ3n) is 9.96. The minimum absolute atomic E-state index is 0.0385. The number of esters is 1. The van der Waals surface area contributed by atoms with E-state index in [1.54, 1.807) is 6.07 Å². The minimum Gasteiger partial charge on any atom is -0.438 e. The van der Waals surface area contributed by atoms with E-state index in [9.17, 15) is 42.5 Å². The Morgan fingerprint density at radius 3 is 2.24 bits per heavy atom. The lowest BCUT2D eigenvalue weighted by atomic mass is 9.90. The molecule has 54 heavy (non-hydrogen) atoms. The van der Waals surface area contributed by atoms with Crippen molar-refractivity contribution in [2.24, 2.45) is 0 Å². The van der Waals surface area contributed by atoms with E-state index in [0.29, 0.717) is 17.5 Å². The summed E-state index contributed by atoms with van der Waals surface area (Å²) in [5, 5.41) is 34.6. The Labute approximate surface area is 322 Å². The van der Waals surface area contributed by atoms with Crippen molar-refractivity contribution < 1.29 is 51.3 Å². The highest BCUT2D eigenvalue weighted by atomic mass is 35.5. The van der Waals surface area contributed by atoms with Gasteiger partial charge in [0.05, 0.1) is 11.4 Å². The topological polar surface area (TPSA) is 210 Å². The predicted octanol–water partition coefficient (Wildman–Crippen LogP) is 7.04. The minimum atomic E-state index is -4.80. The van der Waals surface area contributed by atoms with Crippen molar-refractivity contribution in [1.29, 1.82) is 5.26 Å². The summed E-state index contributed by atoms with van der Waals surface area (Å²) in [5.74, 6) is -1.57. The lowest BCUT2D eigenvalue weighted by Gasteiger charge is -2.31. The second kappa shape index (κ2) is 21.3. The van der Waals surface area contributed by atoms with Gasteiger partial charge in [0.1, 0.15) is 41.8 Å². The number of anilines is 1. The monoisotopic (exact) mass is 820 g/mol. The van der Waals surface area contributed by atoms with Gasteiger partial charge in [-0.05, 0) is 25.3 Å². The van der Waals surface area contributed by atoms with Crippen LogP contribution >= 0.6 is 19.2 Å². The van der Waals surface area contributed by atoms with Crippen LogP contribution < -0.4 is 5.32 Å². The summed E-state index contributed by atoms with van der Waals surface area (Å²) >= 11 is 6.30. The number of ether oxygens (including phenoxy) is 2. The van der Waals surface area contributed by atoms with Crippen molar-refractivity contribution in [1.82, 2.24) is 9.55 Å². The number of carbonyl (C=O) groups is 1. The van der Waals surface area contributed by atoms with Crippen LogP contribution in [-0.4, -0.2) is 87.6 Å². The van der Waals surface area contributed by atoms with Crippen LogP contribution in [0, 0.1) is 11.3 Å². The van der Waals surface area contributed by atoms with Crippen molar-refractivity contribution >= 4 is 51.7 Å². The van der Waals surface area contributed by atoms with Gasteiger partial charge < -0.3 is 34.5 Å². The molecule has 1 aliphatic heterocycles. The van der Waals surface area contributed by atoms with Crippen LogP contribution in [0.4, 0.5) is 10.1 Å². The number of nitriles is 1. The number of hydrogen-bond donors (Lipinski definition) is 4. The molecule has 4 N–H and O–H groups in total. The van der Waals surface area contributed by atoms with Gasteiger partial charge in [0.2, 0.25) is 6.79 Å². The summed E-state index contributed by atoms with van der Waals surface area (Å²) in [7, 11) is -9.24. The molecule has 2 fully saturated rings. The highest BCUT2D eigenvalue weighted by molar-refractivity contribution is 7.97. The molecule has 1 aliphatic carbocycles.